The summed E-state index contributed by atoms with van der Waals surface area (Å²) >= 11 is 0. The smallest absolute Gasteiger partial charge is 0.335 e. The van der Waals surface area contributed by atoms with Gasteiger partial charge in [-0.1, -0.05) is 103 Å². The minimum Gasteiger partial charge on any atom is -0.382 e. The molecule has 24 heteroatoms. The van der Waals surface area contributed by atoms with Crippen molar-refractivity contribution in [3.05, 3.63) is 211 Å². The molecule has 4 amide bonds. The van der Waals surface area contributed by atoms with Crippen molar-refractivity contribution < 1.29 is 19.2 Å². The van der Waals surface area contributed by atoms with E-state index < -0.39 is 34.3 Å². The van der Waals surface area contributed by atoms with Crippen molar-refractivity contribution in [2.24, 2.45) is 11.8 Å². The molecule has 0 atom stereocenters. The third-order valence-electron chi connectivity index (χ3n) is 17.4. The van der Waals surface area contributed by atoms with Crippen LogP contribution < -0.4 is 44.6 Å². The molecule has 0 saturated carbocycles. The van der Waals surface area contributed by atoms with Crippen LogP contribution in [0.25, 0.3) is 44.7 Å². The summed E-state index contributed by atoms with van der Waals surface area (Å²) in [6, 6.07) is 35.2. The summed E-state index contributed by atoms with van der Waals surface area (Å²) in [5.41, 5.74) is 18.5. The zero-order valence-corrected chi connectivity index (χ0v) is 53.8. The van der Waals surface area contributed by atoms with Gasteiger partial charge in [-0.3, -0.25) is 37.9 Å². The standard InChI is InChI=1S/2C35H38N8O4.2CH4/c2*1-21(2)33(45)40-16-14-24(15-17-40)29-18-27(30-31(36)37-20-38-43(29)30)23-10-12-25(13-11-23)39-32(44)28-19-41(22(3)4)35(47)42(34(28)46)26-8-6-5-7-9-26;;/h2*5-13,18-22,24H,14-17H2,1-4H3,(H,39,44)(H2,36,37,38);2*1H4. The SMILES string of the molecule is C.C.CC(C)C(=O)N1CCC(c2cc(-c3ccc(NC(=O)c4cn(C(C)C)c(=O)n(-c5ccccc5)c4=O)cc3)c3c(N)ncnn23)CC1.CC(C)C(=O)N1CCC(c2cc(-c3ccc(NC(=O)c4cn(C(C)C)c(=O)n(-c5ccccc5)c4=O)cc3)c3c(N)ncnn23)CC1. The predicted octanol–water partition coefficient (Wildman–Crippen LogP) is 10.2. The first-order chi connectivity index (χ1) is 45.1. The first kappa shape index (κ1) is 69.3. The Morgan fingerprint density at radius 3 is 1.12 bits per heavy atom. The molecular weight excluding hydrogens is 1220 g/mol. The Morgan fingerprint density at radius 1 is 0.479 bits per heavy atom. The molecule has 0 bridgehead atoms. The fourth-order valence-corrected chi connectivity index (χ4v) is 12.4. The highest BCUT2D eigenvalue weighted by atomic mass is 16.2. The van der Waals surface area contributed by atoms with Crippen LogP contribution in [0.4, 0.5) is 23.0 Å². The second kappa shape index (κ2) is 29.1. The number of aromatic nitrogens is 10. The number of fused-ring (bicyclic) bond motifs is 2. The van der Waals surface area contributed by atoms with Crippen molar-refractivity contribution >= 4 is 57.7 Å². The monoisotopic (exact) mass is 1300 g/mol. The van der Waals surface area contributed by atoms with Crippen LogP contribution in [0.2, 0.25) is 0 Å². The highest BCUT2D eigenvalue weighted by Crippen LogP contribution is 2.39. The number of nitrogens with zero attached hydrogens (tertiary/aromatic N) is 12. The number of hydrogen-bond donors (Lipinski definition) is 4. The number of piperidine rings is 2. The van der Waals surface area contributed by atoms with Gasteiger partial charge in [0.15, 0.2) is 11.6 Å². The largest absolute Gasteiger partial charge is 0.382 e. The number of likely N-dealkylation sites (tertiary alicyclic amines) is 2. The minimum atomic E-state index is -0.699. The minimum absolute atomic E-state index is 0. The van der Waals surface area contributed by atoms with Gasteiger partial charge in [0.1, 0.15) is 34.8 Å². The van der Waals surface area contributed by atoms with E-state index in [9.17, 15) is 38.4 Å². The van der Waals surface area contributed by atoms with Gasteiger partial charge in [0, 0.05) is 108 Å². The molecule has 0 unspecified atom stereocenters. The van der Waals surface area contributed by atoms with Crippen molar-refractivity contribution in [2.75, 3.05) is 48.3 Å². The molecule has 0 aliphatic carbocycles. The number of nitrogens with two attached hydrogens (primary N) is 2. The maximum absolute atomic E-state index is 13.5. The topological polar surface area (TPSA) is 299 Å². The van der Waals surface area contributed by atoms with Crippen molar-refractivity contribution in [1.29, 1.82) is 0 Å². The van der Waals surface area contributed by atoms with Gasteiger partial charge in [-0.2, -0.15) is 10.2 Å². The molecule has 6 N–H and O–H groups in total. The lowest BCUT2D eigenvalue weighted by atomic mass is 9.92. The number of amides is 4. The molecule has 2 aliphatic heterocycles. The highest BCUT2D eigenvalue weighted by molar-refractivity contribution is 6.05. The Hall–Kier alpha value is -11.0. The maximum Gasteiger partial charge on any atom is 0.335 e. The zero-order valence-electron chi connectivity index (χ0n) is 53.8. The molecule has 4 aromatic carbocycles. The van der Waals surface area contributed by atoms with Gasteiger partial charge < -0.3 is 31.9 Å². The van der Waals surface area contributed by atoms with Gasteiger partial charge in [-0.05, 0) is 125 Å². The number of hydrogen-bond acceptors (Lipinski definition) is 14. The Labute approximate surface area is 555 Å². The molecule has 0 spiro atoms. The first-order valence-electron chi connectivity index (χ1n) is 31.6. The molecule has 0 radical (unpaired) electrons. The summed E-state index contributed by atoms with van der Waals surface area (Å²) in [5.74, 6) is 0.103. The van der Waals surface area contributed by atoms with E-state index in [1.807, 2.05) is 98.5 Å². The lowest BCUT2D eigenvalue weighted by Crippen LogP contribution is -2.42. The van der Waals surface area contributed by atoms with E-state index in [0.717, 1.165) is 68.5 Å². The third-order valence-corrected chi connectivity index (χ3v) is 17.4. The lowest BCUT2D eigenvalue weighted by molar-refractivity contribution is -0.136. The van der Waals surface area contributed by atoms with Crippen molar-refractivity contribution in [1.82, 2.24) is 57.3 Å². The van der Waals surface area contributed by atoms with Gasteiger partial charge in [0.25, 0.3) is 22.9 Å². The summed E-state index contributed by atoms with van der Waals surface area (Å²) in [6.45, 7) is 17.7. The molecule has 8 heterocycles. The molecule has 96 heavy (non-hydrogen) atoms. The summed E-state index contributed by atoms with van der Waals surface area (Å²) < 4.78 is 8.48. The van der Waals surface area contributed by atoms with E-state index in [2.05, 4.69) is 42.9 Å². The van der Waals surface area contributed by atoms with Crippen molar-refractivity contribution in [2.45, 2.75) is 120 Å². The van der Waals surface area contributed by atoms with E-state index >= 15 is 0 Å². The van der Waals surface area contributed by atoms with E-state index in [-0.39, 0.29) is 73.5 Å². The molecule has 2 fully saturated rings. The Morgan fingerprint density at radius 2 is 0.812 bits per heavy atom. The Kier molecular flexibility index (Phi) is 21.0. The number of nitrogen functional groups attached to an aromatic ring is 2. The molecule has 2 aliphatic rings. The molecule has 6 aromatic heterocycles. The Bertz CT molecular complexity index is 4440. The van der Waals surface area contributed by atoms with Crippen LogP contribution >= 0.6 is 0 Å². The fraction of sp³-hybridized carbons (Fsp3) is 0.333. The number of para-hydroxylation sites is 2. The number of carbonyl (C=O) groups excluding carboxylic acids is 4. The van der Waals surface area contributed by atoms with Gasteiger partial charge in [-0.15, -0.1) is 0 Å². The zero-order chi connectivity index (χ0) is 66.8. The number of benzene rings is 4. The quantitative estimate of drug-likeness (QED) is 0.0787. The molecule has 12 rings (SSSR count). The highest BCUT2D eigenvalue weighted by Gasteiger charge is 2.31. The first-order valence-corrected chi connectivity index (χ1v) is 31.6. The maximum atomic E-state index is 13.5. The second-order valence-corrected chi connectivity index (χ2v) is 25.0. The lowest BCUT2D eigenvalue weighted by Gasteiger charge is -2.33. The van der Waals surface area contributed by atoms with Crippen LogP contribution in [0, 0.1) is 11.8 Å². The van der Waals surface area contributed by atoms with Crippen LogP contribution in [-0.4, -0.2) is 107 Å². The number of carbonyl (C=O) groups is 4. The van der Waals surface area contributed by atoms with Crippen molar-refractivity contribution in [3.8, 4) is 33.6 Å². The van der Waals surface area contributed by atoms with E-state index in [1.165, 1.54) is 34.2 Å². The molecular formula is C72H84N16O8. The number of rotatable bonds is 14. The number of nitrogens with one attached hydrogen (secondary N) is 2. The molecule has 24 nitrogen and oxygen atoms in total. The van der Waals surface area contributed by atoms with Gasteiger partial charge in [0.2, 0.25) is 11.8 Å². The number of anilines is 4. The summed E-state index contributed by atoms with van der Waals surface area (Å²) in [6.07, 6.45) is 8.78. The second-order valence-electron chi connectivity index (χ2n) is 25.0. The normalized spacial score (nSPS) is 13.6. The van der Waals surface area contributed by atoms with Crippen LogP contribution in [0.3, 0.4) is 0 Å². The fourth-order valence-electron chi connectivity index (χ4n) is 12.4. The van der Waals surface area contributed by atoms with Crippen LogP contribution in [0.15, 0.2) is 166 Å². The van der Waals surface area contributed by atoms with E-state index in [1.54, 1.807) is 84.9 Å². The predicted molar refractivity (Wildman–Crippen MR) is 375 cm³/mol. The van der Waals surface area contributed by atoms with Gasteiger partial charge in [-0.25, -0.2) is 37.7 Å². The van der Waals surface area contributed by atoms with Crippen LogP contribution in [-0.2, 0) is 9.59 Å². The third kappa shape index (κ3) is 13.8. The van der Waals surface area contributed by atoms with E-state index in [0.29, 0.717) is 71.6 Å². The van der Waals surface area contributed by atoms with Gasteiger partial charge >= 0.3 is 11.4 Å². The van der Waals surface area contributed by atoms with Crippen LogP contribution in [0.1, 0.15) is 152 Å². The van der Waals surface area contributed by atoms with Crippen LogP contribution in [0.5, 0.6) is 0 Å². The average molecular weight is 1300 g/mol. The molecule has 2 saturated heterocycles. The Balaban J connectivity index is 0.000000221. The molecule has 500 valence electrons. The summed E-state index contributed by atoms with van der Waals surface area (Å²) in [7, 11) is 0. The average Bonchev–Trinajstić information content (AvgIpc) is 1.45. The van der Waals surface area contributed by atoms with E-state index in [4.69, 9.17) is 11.5 Å². The summed E-state index contributed by atoms with van der Waals surface area (Å²) in [4.78, 5) is 118. The van der Waals surface area contributed by atoms with Gasteiger partial charge in [0.05, 0.1) is 11.4 Å². The van der Waals surface area contributed by atoms with Crippen molar-refractivity contribution in [3.63, 3.8) is 0 Å². The summed E-state index contributed by atoms with van der Waals surface area (Å²) in [5, 5.41) is 14.7. The molecule has 10 aromatic rings.